The minimum Gasteiger partial charge on any atom is -0.377 e. The highest BCUT2D eigenvalue weighted by Gasteiger charge is 2.44. The van der Waals surface area contributed by atoms with Crippen molar-refractivity contribution in [3.8, 4) is 0 Å². The number of piperidine rings is 1. The first-order chi connectivity index (χ1) is 11.2. The van der Waals surface area contributed by atoms with E-state index in [4.69, 9.17) is 9.26 Å². The number of hydrogen-bond acceptors (Lipinski definition) is 5. The molecule has 6 nitrogen and oxygen atoms in total. The van der Waals surface area contributed by atoms with Crippen molar-refractivity contribution in [2.24, 2.45) is 17.8 Å². The molecule has 126 valence electrons. The molecule has 4 rings (SSSR count). The van der Waals surface area contributed by atoms with Crippen LogP contribution in [0, 0.1) is 24.7 Å². The Morgan fingerprint density at radius 3 is 3.00 bits per heavy atom. The van der Waals surface area contributed by atoms with Crippen LogP contribution in [0.4, 0.5) is 0 Å². The van der Waals surface area contributed by atoms with Gasteiger partial charge in [0.05, 0.1) is 17.7 Å². The van der Waals surface area contributed by atoms with Gasteiger partial charge in [0.15, 0.2) is 0 Å². The third-order valence-electron chi connectivity index (χ3n) is 5.33. The first-order valence-electron chi connectivity index (χ1n) is 8.73. The van der Waals surface area contributed by atoms with E-state index in [1.807, 2.05) is 13.0 Å². The quantitative estimate of drug-likeness (QED) is 0.887. The Morgan fingerprint density at radius 1 is 1.39 bits per heavy atom. The van der Waals surface area contributed by atoms with Crippen LogP contribution in [0.15, 0.2) is 10.6 Å². The predicted molar refractivity (Wildman–Crippen MR) is 83.6 cm³/mol. The highest BCUT2D eigenvalue weighted by molar-refractivity contribution is 5.79. The van der Waals surface area contributed by atoms with E-state index in [0.29, 0.717) is 11.8 Å². The number of carbonyl (C=O) groups is 1. The summed E-state index contributed by atoms with van der Waals surface area (Å²) in [7, 11) is 0. The number of ether oxygens (including phenoxy) is 1. The zero-order chi connectivity index (χ0) is 15.8. The third-order valence-corrected chi connectivity index (χ3v) is 5.33. The van der Waals surface area contributed by atoms with Crippen LogP contribution in [0.5, 0.6) is 0 Å². The van der Waals surface area contributed by atoms with Gasteiger partial charge in [-0.15, -0.1) is 0 Å². The predicted octanol–water partition coefficient (Wildman–Crippen LogP) is 1.35. The zero-order valence-electron chi connectivity index (χ0n) is 13.7. The average molecular weight is 319 g/mol. The van der Waals surface area contributed by atoms with E-state index in [-0.39, 0.29) is 17.9 Å². The number of carbonyl (C=O) groups excluding carboxylic acids is 1. The fourth-order valence-electron chi connectivity index (χ4n) is 3.88. The number of amides is 1. The van der Waals surface area contributed by atoms with E-state index < -0.39 is 0 Å². The molecule has 0 spiro atoms. The van der Waals surface area contributed by atoms with Gasteiger partial charge in [-0.2, -0.15) is 0 Å². The Labute approximate surface area is 136 Å². The van der Waals surface area contributed by atoms with Crippen LogP contribution in [0.1, 0.15) is 30.7 Å². The second-order valence-corrected chi connectivity index (χ2v) is 7.28. The lowest BCUT2D eigenvalue weighted by atomic mass is 9.82. The van der Waals surface area contributed by atoms with Crippen molar-refractivity contribution in [2.45, 2.75) is 38.8 Å². The molecule has 6 heteroatoms. The first kappa shape index (κ1) is 15.1. The van der Waals surface area contributed by atoms with Gasteiger partial charge in [-0.05, 0) is 32.1 Å². The third kappa shape index (κ3) is 3.43. The first-order valence-corrected chi connectivity index (χ1v) is 8.73. The SMILES string of the molecule is Cc1cc(CN2C[C@H](C(=O)NCC3CC3)[C@@H]3CCO[C@@H]3C2)no1. The normalized spacial score (nSPS) is 31.1. The maximum absolute atomic E-state index is 12.6. The van der Waals surface area contributed by atoms with E-state index in [2.05, 4.69) is 15.4 Å². The molecule has 2 aliphatic heterocycles. The zero-order valence-corrected chi connectivity index (χ0v) is 13.7. The molecule has 1 aromatic rings. The summed E-state index contributed by atoms with van der Waals surface area (Å²) in [5.41, 5.74) is 0.927. The van der Waals surface area contributed by atoms with Gasteiger partial charge in [-0.25, -0.2) is 0 Å². The van der Waals surface area contributed by atoms with E-state index >= 15 is 0 Å². The molecule has 1 aromatic heterocycles. The standard InChI is InChI=1S/C17H25N3O3/c1-11-6-13(19-23-11)8-20-9-15(14-4-5-22-16(14)10-20)17(21)18-7-12-2-3-12/h6,12,14-16H,2-5,7-10H2,1H3,(H,18,21)/t14-,15-,16+/m0/s1. The summed E-state index contributed by atoms with van der Waals surface area (Å²) in [6, 6.07) is 1.96. The van der Waals surface area contributed by atoms with Gasteiger partial charge in [-0.1, -0.05) is 5.16 Å². The Bertz CT molecular complexity index is 569. The highest BCUT2D eigenvalue weighted by atomic mass is 16.5. The molecule has 1 aliphatic carbocycles. The molecule has 0 unspecified atom stereocenters. The van der Waals surface area contributed by atoms with Gasteiger partial charge in [0.25, 0.3) is 0 Å². The van der Waals surface area contributed by atoms with Crippen LogP contribution in [-0.2, 0) is 16.1 Å². The van der Waals surface area contributed by atoms with Gasteiger partial charge in [0.1, 0.15) is 5.76 Å². The average Bonchev–Trinajstić information content (AvgIpc) is 3.10. The van der Waals surface area contributed by atoms with E-state index in [9.17, 15) is 4.79 Å². The Hall–Kier alpha value is -1.40. The maximum Gasteiger partial charge on any atom is 0.224 e. The van der Waals surface area contributed by atoms with E-state index in [1.54, 1.807) is 0 Å². The fourth-order valence-corrected chi connectivity index (χ4v) is 3.88. The van der Waals surface area contributed by atoms with Crippen molar-refractivity contribution >= 4 is 5.91 Å². The Kier molecular flexibility index (Phi) is 4.11. The van der Waals surface area contributed by atoms with Crippen LogP contribution >= 0.6 is 0 Å². The van der Waals surface area contributed by atoms with Crippen molar-refractivity contribution in [3.05, 3.63) is 17.5 Å². The lowest BCUT2D eigenvalue weighted by Gasteiger charge is -2.39. The molecule has 2 saturated heterocycles. The summed E-state index contributed by atoms with van der Waals surface area (Å²) in [6.45, 7) is 5.90. The number of hydrogen-bond donors (Lipinski definition) is 1. The summed E-state index contributed by atoms with van der Waals surface area (Å²) in [6.07, 6.45) is 3.70. The monoisotopic (exact) mass is 319 g/mol. The number of rotatable bonds is 5. The van der Waals surface area contributed by atoms with Crippen LogP contribution in [0.2, 0.25) is 0 Å². The van der Waals surface area contributed by atoms with Crippen molar-refractivity contribution in [3.63, 3.8) is 0 Å². The summed E-state index contributed by atoms with van der Waals surface area (Å²) in [4.78, 5) is 14.9. The molecule has 1 saturated carbocycles. The van der Waals surface area contributed by atoms with Gasteiger partial charge in [0.2, 0.25) is 5.91 Å². The lowest BCUT2D eigenvalue weighted by molar-refractivity contribution is -0.131. The topological polar surface area (TPSA) is 67.6 Å². The number of aromatic nitrogens is 1. The minimum atomic E-state index is 0.0306. The molecule has 1 amide bonds. The molecule has 23 heavy (non-hydrogen) atoms. The van der Waals surface area contributed by atoms with Crippen molar-refractivity contribution in [1.82, 2.24) is 15.4 Å². The largest absolute Gasteiger partial charge is 0.377 e. The second kappa shape index (κ2) is 6.24. The number of fused-ring (bicyclic) bond motifs is 1. The molecule has 0 aromatic carbocycles. The summed E-state index contributed by atoms with van der Waals surface area (Å²) < 4.78 is 11.0. The molecule has 3 heterocycles. The van der Waals surface area contributed by atoms with Crippen molar-refractivity contribution < 1.29 is 14.1 Å². The lowest BCUT2D eigenvalue weighted by Crippen LogP contribution is -2.52. The van der Waals surface area contributed by atoms with Gasteiger partial charge >= 0.3 is 0 Å². The second-order valence-electron chi connectivity index (χ2n) is 7.28. The number of aryl methyl sites for hydroxylation is 1. The van der Waals surface area contributed by atoms with Gasteiger partial charge in [-0.3, -0.25) is 9.69 Å². The van der Waals surface area contributed by atoms with Crippen molar-refractivity contribution in [1.29, 1.82) is 0 Å². The van der Waals surface area contributed by atoms with Crippen LogP contribution in [-0.4, -0.2) is 48.3 Å². The Balaban J connectivity index is 1.41. The smallest absolute Gasteiger partial charge is 0.224 e. The van der Waals surface area contributed by atoms with Gasteiger partial charge < -0.3 is 14.6 Å². The van der Waals surface area contributed by atoms with Crippen LogP contribution < -0.4 is 5.32 Å². The molecular formula is C17H25N3O3. The molecule has 0 radical (unpaired) electrons. The fraction of sp³-hybridized carbons (Fsp3) is 0.765. The molecular weight excluding hydrogens is 294 g/mol. The van der Waals surface area contributed by atoms with E-state index in [0.717, 1.165) is 50.7 Å². The molecule has 3 atom stereocenters. The summed E-state index contributed by atoms with van der Waals surface area (Å²) >= 11 is 0. The highest BCUT2D eigenvalue weighted by Crippen LogP contribution is 2.35. The van der Waals surface area contributed by atoms with Crippen LogP contribution in [0.3, 0.4) is 0 Å². The van der Waals surface area contributed by atoms with Crippen molar-refractivity contribution in [2.75, 3.05) is 26.2 Å². The number of nitrogens with one attached hydrogen (secondary N) is 1. The summed E-state index contributed by atoms with van der Waals surface area (Å²) in [5, 5.41) is 7.24. The summed E-state index contributed by atoms with van der Waals surface area (Å²) in [5.74, 6) is 2.14. The maximum atomic E-state index is 12.6. The molecule has 0 bridgehead atoms. The number of likely N-dealkylation sites (tertiary alicyclic amines) is 1. The number of nitrogens with zero attached hydrogens (tertiary/aromatic N) is 2. The minimum absolute atomic E-state index is 0.0306. The van der Waals surface area contributed by atoms with E-state index in [1.165, 1.54) is 12.8 Å². The van der Waals surface area contributed by atoms with Gasteiger partial charge in [0, 0.05) is 44.8 Å². The molecule has 3 aliphatic rings. The Morgan fingerprint density at radius 2 is 2.26 bits per heavy atom. The molecule has 1 N–H and O–H groups in total. The van der Waals surface area contributed by atoms with Crippen LogP contribution in [0.25, 0.3) is 0 Å². The molecule has 3 fully saturated rings.